The van der Waals surface area contributed by atoms with Gasteiger partial charge in [-0.25, -0.2) is 8.78 Å². The fourth-order valence-electron chi connectivity index (χ4n) is 3.82. The first-order valence-corrected chi connectivity index (χ1v) is 9.19. The Kier molecular flexibility index (Phi) is 5.89. The molecule has 1 atom stereocenters. The average molecular weight is 352 g/mol. The number of carbonyl (C=O) groups excluding carboxylic acids is 1. The SMILES string of the molecule is C[C@H](Oc1ccc(F)cc1F)C(=O)N1CCN(C2CCCCC2)CC1. The molecule has 1 aliphatic heterocycles. The van der Waals surface area contributed by atoms with Gasteiger partial charge >= 0.3 is 0 Å². The first-order chi connectivity index (χ1) is 12.0. The van der Waals surface area contributed by atoms with Crippen LogP contribution in [-0.4, -0.2) is 54.0 Å². The minimum atomic E-state index is -0.791. The van der Waals surface area contributed by atoms with Crippen LogP contribution in [0.5, 0.6) is 5.75 Å². The van der Waals surface area contributed by atoms with Crippen molar-refractivity contribution in [2.45, 2.75) is 51.2 Å². The average Bonchev–Trinajstić information content (AvgIpc) is 2.64. The van der Waals surface area contributed by atoms with Crippen molar-refractivity contribution in [1.29, 1.82) is 0 Å². The van der Waals surface area contributed by atoms with Gasteiger partial charge in [-0.15, -0.1) is 0 Å². The first-order valence-electron chi connectivity index (χ1n) is 9.19. The number of hydrogen-bond donors (Lipinski definition) is 0. The fourth-order valence-corrected chi connectivity index (χ4v) is 3.82. The lowest BCUT2D eigenvalue weighted by atomic mass is 9.94. The van der Waals surface area contributed by atoms with Crippen LogP contribution < -0.4 is 4.74 Å². The van der Waals surface area contributed by atoms with Gasteiger partial charge in [0.25, 0.3) is 5.91 Å². The molecule has 2 fully saturated rings. The Bertz CT molecular complexity index is 597. The topological polar surface area (TPSA) is 32.8 Å². The van der Waals surface area contributed by atoms with Gasteiger partial charge in [-0.3, -0.25) is 9.69 Å². The molecule has 2 aliphatic rings. The van der Waals surface area contributed by atoms with Crippen molar-refractivity contribution in [3.63, 3.8) is 0 Å². The van der Waals surface area contributed by atoms with Crippen molar-refractivity contribution < 1.29 is 18.3 Å². The molecule has 0 aromatic heterocycles. The lowest BCUT2D eigenvalue weighted by Crippen LogP contribution is -2.54. The molecule has 1 amide bonds. The molecular weight excluding hydrogens is 326 g/mol. The summed E-state index contributed by atoms with van der Waals surface area (Å²) >= 11 is 0. The normalized spacial score (nSPS) is 21.2. The van der Waals surface area contributed by atoms with Crippen LogP contribution in [0.4, 0.5) is 8.78 Å². The molecular formula is C19H26F2N2O2. The number of piperazine rings is 1. The number of carbonyl (C=O) groups is 1. The van der Waals surface area contributed by atoms with Gasteiger partial charge in [-0.2, -0.15) is 0 Å². The van der Waals surface area contributed by atoms with Gasteiger partial charge < -0.3 is 9.64 Å². The largest absolute Gasteiger partial charge is 0.478 e. The van der Waals surface area contributed by atoms with Crippen LogP contribution in [-0.2, 0) is 4.79 Å². The van der Waals surface area contributed by atoms with E-state index in [0.29, 0.717) is 19.1 Å². The van der Waals surface area contributed by atoms with Gasteiger partial charge in [0.1, 0.15) is 5.82 Å². The Hall–Kier alpha value is -1.69. The summed E-state index contributed by atoms with van der Waals surface area (Å²) in [7, 11) is 0. The minimum Gasteiger partial charge on any atom is -0.478 e. The van der Waals surface area contributed by atoms with Crippen molar-refractivity contribution in [1.82, 2.24) is 9.80 Å². The van der Waals surface area contributed by atoms with Crippen molar-refractivity contribution in [2.75, 3.05) is 26.2 Å². The standard InChI is InChI=1S/C19H26F2N2O2/c1-14(25-18-8-7-15(20)13-17(18)21)19(24)23-11-9-22(10-12-23)16-5-3-2-4-6-16/h7-8,13-14,16H,2-6,9-12H2,1H3/t14-/m0/s1. The Morgan fingerprint density at radius 1 is 1.12 bits per heavy atom. The second-order valence-corrected chi connectivity index (χ2v) is 6.99. The Balaban J connectivity index is 1.51. The zero-order chi connectivity index (χ0) is 17.8. The van der Waals surface area contributed by atoms with Crippen molar-refractivity contribution >= 4 is 5.91 Å². The van der Waals surface area contributed by atoms with Crippen LogP contribution in [0.2, 0.25) is 0 Å². The van der Waals surface area contributed by atoms with Crippen LogP contribution in [0.1, 0.15) is 39.0 Å². The molecule has 1 heterocycles. The van der Waals surface area contributed by atoms with Gasteiger partial charge in [0.15, 0.2) is 17.7 Å². The van der Waals surface area contributed by atoms with E-state index in [1.165, 1.54) is 38.2 Å². The summed E-state index contributed by atoms with van der Waals surface area (Å²) in [5.74, 6) is -1.69. The summed E-state index contributed by atoms with van der Waals surface area (Å²) in [6, 6.07) is 3.76. The van der Waals surface area contributed by atoms with E-state index in [4.69, 9.17) is 4.74 Å². The van der Waals surface area contributed by atoms with E-state index in [9.17, 15) is 13.6 Å². The smallest absolute Gasteiger partial charge is 0.263 e. The molecule has 0 unspecified atom stereocenters. The Morgan fingerprint density at radius 2 is 1.80 bits per heavy atom. The highest BCUT2D eigenvalue weighted by Crippen LogP contribution is 2.24. The molecule has 1 aliphatic carbocycles. The maximum absolute atomic E-state index is 13.7. The number of hydrogen-bond acceptors (Lipinski definition) is 3. The number of amides is 1. The maximum atomic E-state index is 13.7. The van der Waals surface area contributed by atoms with Crippen LogP contribution >= 0.6 is 0 Å². The Morgan fingerprint density at radius 3 is 2.44 bits per heavy atom. The highest BCUT2D eigenvalue weighted by Gasteiger charge is 2.29. The lowest BCUT2D eigenvalue weighted by molar-refractivity contribution is -0.140. The Labute approximate surface area is 147 Å². The van der Waals surface area contributed by atoms with E-state index in [-0.39, 0.29) is 11.7 Å². The first kappa shape index (κ1) is 18.1. The summed E-state index contributed by atoms with van der Waals surface area (Å²) in [5, 5.41) is 0. The van der Waals surface area contributed by atoms with E-state index in [2.05, 4.69) is 4.90 Å². The highest BCUT2D eigenvalue weighted by molar-refractivity contribution is 5.81. The van der Waals surface area contributed by atoms with Crippen LogP contribution in [0.3, 0.4) is 0 Å². The summed E-state index contributed by atoms with van der Waals surface area (Å²) in [6.45, 7) is 4.73. The molecule has 0 bridgehead atoms. The molecule has 0 spiro atoms. The summed E-state index contributed by atoms with van der Waals surface area (Å²) < 4.78 is 32.0. The molecule has 0 N–H and O–H groups in total. The van der Waals surface area contributed by atoms with E-state index < -0.39 is 17.7 Å². The summed E-state index contributed by atoms with van der Waals surface area (Å²) in [4.78, 5) is 16.8. The molecule has 0 radical (unpaired) electrons. The van der Waals surface area contributed by atoms with E-state index in [1.54, 1.807) is 11.8 Å². The molecule has 1 aromatic carbocycles. The lowest BCUT2D eigenvalue weighted by Gasteiger charge is -2.41. The van der Waals surface area contributed by atoms with E-state index in [1.807, 2.05) is 0 Å². The number of rotatable bonds is 4. The van der Waals surface area contributed by atoms with Gasteiger partial charge in [0.2, 0.25) is 0 Å². The van der Waals surface area contributed by atoms with Gasteiger partial charge in [0.05, 0.1) is 0 Å². The second kappa shape index (κ2) is 8.13. The third-order valence-electron chi connectivity index (χ3n) is 5.26. The number of ether oxygens (including phenoxy) is 1. The van der Waals surface area contributed by atoms with Crippen LogP contribution in [0.15, 0.2) is 18.2 Å². The molecule has 1 aromatic rings. The molecule has 4 nitrogen and oxygen atoms in total. The zero-order valence-electron chi connectivity index (χ0n) is 14.7. The number of benzene rings is 1. The van der Waals surface area contributed by atoms with Crippen LogP contribution in [0.25, 0.3) is 0 Å². The quantitative estimate of drug-likeness (QED) is 0.834. The number of halogens is 2. The fraction of sp³-hybridized carbons (Fsp3) is 0.632. The summed E-state index contributed by atoms with van der Waals surface area (Å²) in [6.07, 6.45) is 5.68. The third kappa shape index (κ3) is 4.48. The number of nitrogens with zero attached hydrogens (tertiary/aromatic N) is 2. The maximum Gasteiger partial charge on any atom is 0.263 e. The highest BCUT2D eigenvalue weighted by atomic mass is 19.1. The molecule has 3 rings (SSSR count). The predicted molar refractivity (Wildman–Crippen MR) is 91.5 cm³/mol. The predicted octanol–water partition coefficient (Wildman–Crippen LogP) is 3.21. The summed E-state index contributed by atoms with van der Waals surface area (Å²) in [5.41, 5.74) is 0. The van der Waals surface area contributed by atoms with Crippen LogP contribution in [0, 0.1) is 11.6 Å². The zero-order valence-corrected chi connectivity index (χ0v) is 14.7. The molecule has 1 saturated carbocycles. The molecule has 138 valence electrons. The monoisotopic (exact) mass is 352 g/mol. The third-order valence-corrected chi connectivity index (χ3v) is 5.26. The van der Waals surface area contributed by atoms with Gasteiger partial charge in [-0.05, 0) is 31.9 Å². The molecule has 1 saturated heterocycles. The van der Waals surface area contributed by atoms with Crippen molar-refractivity contribution in [3.8, 4) is 5.75 Å². The van der Waals surface area contributed by atoms with Crippen molar-refractivity contribution in [3.05, 3.63) is 29.8 Å². The van der Waals surface area contributed by atoms with Gasteiger partial charge in [-0.1, -0.05) is 19.3 Å². The van der Waals surface area contributed by atoms with E-state index >= 15 is 0 Å². The van der Waals surface area contributed by atoms with E-state index in [0.717, 1.165) is 25.2 Å². The minimum absolute atomic E-state index is 0.0944. The molecule has 6 heteroatoms. The van der Waals surface area contributed by atoms with Crippen molar-refractivity contribution in [2.24, 2.45) is 0 Å². The second-order valence-electron chi connectivity index (χ2n) is 6.99. The molecule has 25 heavy (non-hydrogen) atoms. The van der Waals surface area contributed by atoms with Gasteiger partial charge in [0, 0.05) is 38.3 Å².